The first kappa shape index (κ1) is 11.7. The molecule has 0 aliphatic rings. The molecule has 0 saturated heterocycles. The molecule has 0 radical (unpaired) electrons. The van der Waals surface area contributed by atoms with Gasteiger partial charge in [-0.25, -0.2) is 5.84 Å². The summed E-state index contributed by atoms with van der Waals surface area (Å²) in [7, 11) is 0. The van der Waals surface area contributed by atoms with Gasteiger partial charge in [-0.2, -0.15) is 0 Å². The Morgan fingerprint density at radius 2 is 1.80 bits per heavy atom. The summed E-state index contributed by atoms with van der Waals surface area (Å²) in [6, 6.07) is 9.08. The molecule has 1 rings (SSSR count). The molecular formula is C12H18N2O. The van der Waals surface area contributed by atoms with Crippen molar-refractivity contribution >= 4 is 5.91 Å². The Morgan fingerprint density at radius 1 is 1.27 bits per heavy atom. The summed E-state index contributed by atoms with van der Waals surface area (Å²) in [5.41, 5.74) is 0.642. The second kappa shape index (κ2) is 4.45. The van der Waals surface area contributed by atoms with Gasteiger partial charge in [-0.15, -0.1) is 0 Å². The highest BCUT2D eigenvalue weighted by molar-refractivity contribution is 5.93. The summed E-state index contributed by atoms with van der Waals surface area (Å²) in [6.07, 6.45) is 0. The van der Waals surface area contributed by atoms with Crippen molar-refractivity contribution in [2.75, 3.05) is 6.54 Å². The highest BCUT2D eigenvalue weighted by Gasteiger charge is 2.19. The minimum atomic E-state index is -0.134. The lowest BCUT2D eigenvalue weighted by molar-refractivity contribution is 0.0695. The zero-order valence-corrected chi connectivity index (χ0v) is 9.53. The van der Waals surface area contributed by atoms with Crippen LogP contribution in [0.4, 0.5) is 0 Å². The van der Waals surface area contributed by atoms with Crippen molar-refractivity contribution in [1.82, 2.24) is 5.01 Å². The molecule has 0 aromatic heterocycles. The van der Waals surface area contributed by atoms with Gasteiger partial charge in [0.1, 0.15) is 0 Å². The molecule has 3 nitrogen and oxygen atoms in total. The standard InChI is InChI=1S/C12H18N2O/c1-12(2,3)9-14(13)11(15)10-7-5-4-6-8-10/h4-8H,9,13H2,1-3H3. The van der Waals surface area contributed by atoms with Crippen LogP contribution >= 0.6 is 0 Å². The number of carbonyl (C=O) groups excluding carboxylic acids is 1. The van der Waals surface area contributed by atoms with E-state index in [1.165, 1.54) is 5.01 Å². The SMILES string of the molecule is CC(C)(C)CN(N)C(=O)c1ccccc1. The number of nitrogens with zero attached hydrogens (tertiary/aromatic N) is 1. The molecule has 0 unspecified atom stereocenters. The molecule has 0 heterocycles. The third-order valence-electron chi connectivity index (χ3n) is 1.93. The molecule has 0 saturated carbocycles. The van der Waals surface area contributed by atoms with Gasteiger partial charge in [-0.1, -0.05) is 39.0 Å². The third kappa shape index (κ3) is 3.72. The van der Waals surface area contributed by atoms with Gasteiger partial charge in [-0.05, 0) is 17.5 Å². The summed E-state index contributed by atoms with van der Waals surface area (Å²) >= 11 is 0. The van der Waals surface area contributed by atoms with E-state index in [9.17, 15) is 4.79 Å². The first-order chi connectivity index (χ1) is 6.90. The largest absolute Gasteiger partial charge is 0.276 e. The average molecular weight is 206 g/mol. The number of nitrogens with two attached hydrogens (primary N) is 1. The second-order valence-corrected chi connectivity index (χ2v) is 4.86. The minimum Gasteiger partial charge on any atom is -0.276 e. The molecule has 1 aromatic carbocycles. The van der Waals surface area contributed by atoms with E-state index in [4.69, 9.17) is 5.84 Å². The minimum absolute atomic E-state index is 0.0131. The number of hydrogen-bond acceptors (Lipinski definition) is 2. The molecule has 0 aliphatic carbocycles. The van der Waals surface area contributed by atoms with Crippen LogP contribution in [-0.2, 0) is 0 Å². The number of carbonyl (C=O) groups is 1. The number of hydrogen-bond donors (Lipinski definition) is 1. The first-order valence-electron chi connectivity index (χ1n) is 5.02. The highest BCUT2D eigenvalue weighted by atomic mass is 16.2. The van der Waals surface area contributed by atoms with Crippen LogP contribution in [0.25, 0.3) is 0 Å². The average Bonchev–Trinajstić information content (AvgIpc) is 2.15. The number of rotatable bonds is 2. The molecule has 0 bridgehead atoms. The topological polar surface area (TPSA) is 46.3 Å². The Bertz CT molecular complexity index is 327. The number of benzene rings is 1. The van der Waals surface area contributed by atoms with Gasteiger partial charge in [0.05, 0.1) is 0 Å². The first-order valence-corrected chi connectivity index (χ1v) is 5.02. The van der Waals surface area contributed by atoms with Crippen LogP contribution in [0, 0.1) is 5.41 Å². The molecule has 1 amide bonds. The fraction of sp³-hybridized carbons (Fsp3) is 0.417. The Labute approximate surface area is 90.9 Å². The monoisotopic (exact) mass is 206 g/mol. The van der Waals surface area contributed by atoms with Gasteiger partial charge in [0.25, 0.3) is 5.91 Å². The predicted octanol–water partition coefficient (Wildman–Crippen LogP) is 2.05. The number of amides is 1. The van der Waals surface area contributed by atoms with E-state index in [-0.39, 0.29) is 11.3 Å². The van der Waals surface area contributed by atoms with Crippen molar-refractivity contribution in [2.24, 2.45) is 11.3 Å². The number of hydrazine groups is 1. The van der Waals surface area contributed by atoms with Crippen molar-refractivity contribution in [3.8, 4) is 0 Å². The normalized spacial score (nSPS) is 11.2. The van der Waals surface area contributed by atoms with Crippen LogP contribution in [0.3, 0.4) is 0 Å². The van der Waals surface area contributed by atoms with Crippen molar-refractivity contribution in [3.05, 3.63) is 35.9 Å². The van der Waals surface area contributed by atoms with Gasteiger partial charge in [0.15, 0.2) is 0 Å². The van der Waals surface area contributed by atoms with E-state index in [1.807, 2.05) is 39.0 Å². The van der Waals surface area contributed by atoms with Crippen LogP contribution < -0.4 is 5.84 Å². The van der Waals surface area contributed by atoms with Crippen LogP contribution in [-0.4, -0.2) is 17.5 Å². The summed E-state index contributed by atoms with van der Waals surface area (Å²) in [6.45, 7) is 6.68. The van der Waals surface area contributed by atoms with Crippen molar-refractivity contribution in [1.29, 1.82) is 0 Å². The fourth-order valence-electron chi connectivity index (χ4n) is 1.33. The maximum absolute atomic E-state index is 11.8. The van der Waals surface area contributed by atoms with Crippen molar-refractivity contribution in [2.45, 2.75) is 20.8 Å². The molecule has 3 heteroatoms. The highest BCUT2D eigenvalue weighted by Crippen LogP contribution is 2.14. The quantitative estimate of drug-likeness (QED) is 0.457. The lowest BCUT2D eigenvalue weighted by Gasteiger charge is -2.25. The third-order valence-corrected chi connectivity index (χ3v) is 1.93. The molecule has 2 N–H and O–H groups in total. The lowest BCUT2D eigenvalue weighted by atomic mass is 9.96. The van der Waals surface area contributed by atoms with Gasteiger partial charge in [0, 0.05) is 12.1 Å². The van der Waals surface area contributed by atoms with Crippen LogP contribution in [0.5, 0.6) is 0 Å². The summed E-state index contributed by atoms with van der Waals surface area (Å²) in [4.78, 5) is 11.8. The van der Waals surface area contributed by atoms with Crippen LogP contribution in [0.2, 0.25) is 0 Å². The fourth-order valence-corrected chi connectivity index (χ4v) is 1.33. The van der Waals surface area contributed by atoms with Gasteiger partial charge < -0.3 is 0 Å². The molecular weight excluding hydrogens is 188 g/mol. The van der Waals surface area contributed by atoms with E-state index >= 15 is 0 Å². The maximum atomic E-state index is 11.8. The van der Waals surface area contributed by atoms with Gasteiger partial charge in [0.2, 0.25) is 0 Å². The molecule has 1 aromatic rings. The molecule has 15 heavy (non-hydrogen) atoms. The Morgan fingerprint density at radius 3 is 2.27 bits per heavy atom. The second-order valence-electron chi connectivity index (χ2n) is 4.86. The molecule has 0 atom stereocenters. The maximum Gasteiger partial charge on any atom is 0.267 e. The van der Waals surface area contributed by atoms with Crippen molar-refractivity contribution < 1.29 is 4.79 Å². The zero-order chi connectivity index (χ0) is 11.5. The van der Waals surface area contributed by atoms with E-state index in [1.54, 1.807) is 12.1 Å². The van der Waals surface area contributed by atoms with E-state index in [0.717, 1.165) is 0 Å². The molecule has 82 valence electrons. The van der Waals surface area contributed by atoms with Crippen molar-refractivity contribution in [3.63, 3.8) is 0 Å². The van der Waals surface area contributed by atoms with E-state index < -0.39 is 0 Å². The van der Waals surface area contributed by atoms with Crippen LogP contribution in [0.1, 0.15) is 31.1 Å². The Balaban J connectivity index is 2.70. The lowest BCUT2D eigenvalue weighted by Crippen LogP contribution is -2.42. The van der Waals surface area contributed by atoms with Gasteiger partial charge in [-0.3, -0.25) is 9.80 Å². The summed E-state index contributed by atoms with van der Waals surface area (Å²) < 4.78 is 0. The van der Waals surface area contributed by atoms with E-state index in [2.05, 4.69) is 0 Å². The summed E-state index contributed by atoms with van der Waals surface area (Å²) in [5.74, 6) is 5.59. The Hall–Kier alpha value is -1.35. The Kier molecular flexibility index (Phi) is 3.48. The summed E-state index contributed by atoms with van der Waals surface area (Å²) in [5, 5.41) is 1.27. The zero-order valence-electron chi connectivity index (χ0n) is 9.53. The molecule has 0 fully saturated rings. The van der Waals surface area contributed by atoms with E-state index in [0.29, 0.717) is 12.1 Å². The van der Waals surface area contributed by atoms with Gasteiger partial charge >= 0.3 is 0 Å². The predicted molar refractivity (Wildman–Crippen MR) is 61.1 cm³/mol. The molecule has 0 aliphatic heterocycles. The van der Waals surface area contributed by atoms with Crippen LogP contribution in [0.15, 0.2) is 30.3 Å². The molecule has 0 spiro atoms. The smallest absolute Gasteiger partial charge is 0.267 e.